The van der Waals surface area contributed by atoms with Crippen LogP contribution in [0.4, 0.5) is 5.69 Å². The van der Waals surface area contributed by atoms with Crippen LogP contribution in [0.3, 0.4) is 0 Å². The maximum Gasteiger partial charge on any atom is 0.240 e. The van der Waals surface area contributed by atoms with Gasteiger partial charge in [0.2, 0.25) is 21.8 Å². The number of rotatable bonds is 6. The molecule has 2 saturated heterocycles. The van der Waals surface area contributed by atoms with Gasteiger partial charge in [0.05, 0.1) is 18.1 Å². The molecule has 0 radical (unpaired) electrons. The van der Waals surface area contributed by atoms with Gasteiger partial charge in [-0.05, 0) is 55.9 Å². The Balaban J connectivity index is 1.21. The van der Waals surface area contributed by atoms with Crippen LogP contribution in [-0.2, 0) is 29.1 Å². The number of amides is 2. The van der Waals surface area contributed by atoms with Gasteiger partial charge in [-0.15, -0.1) is 0 Å². The number of carbonyl (C=O) groups is 2. The molecule has 4 rings (SSSR count). The first-order chi connectivity index (χ1) is 15.8. The lowest BCUT2D eigenvalue weighted by Gasteiger charge is -2.39. The SMILES string of the molecule is CC(=O)Nc1ccc(S(=O)(=O)NCC2CCC(C(=O)N3CCC4(CC3)OCCO4)CC2)cc1. The van der Waals surface area contributed by atoms with Gasteiger partial charge in [-0.3, -0.25) is 9.59 Å². The summed E-state index contributed by atoms with van der Waals surface area (Å²) in [6.45, 7) is 4.35. The molecular formula is C23H33N3O6S. The molecule has 1 saturated carbocycles. The van der Waals surface area contributed by atoms with E-state index in [1.54, 1.807) is 12.1 Å². The number of sulfonamides is 1. The van der Waals surface area contributed by atoms with Crippen LogP contribution < -0.4 is 10.0 Å². The van der Waals surface area contributed by atoms with E-state index in [0.717, 1.165) is 38.5 Å². The number of hydrogen-bond donors (Lipinski definition) is 2. The molecule has 1 aromatic carbocycles. The third-order valence-corrected chi connectivity index (χ3v) is 8.33. The Morgan fingerprint density at radius 1 is 1.03 bits per heavy atom. The monoisotopic (exact) mass is 479 g/mol. The number of carbonyl (C=O) groups excluding carboxylic acids is 2. The summed E-state index contributed by atoms with van der Waals surface area (Å²) in [4.78, 5) is 26.2. The zero-order valence-electron chi connectivity index (χ0n) is 19.0. The highest BCUT2D eigenvalue weighted by atomic mass is 32.2. The van der Waals surface area contributed by atoms with Gasteiger partial charge in [0.15, 0.2) is 5.79 Å². The van der Waals surface area contributed by atoms with Gasteiger partial charge < -0.3 is 19.7 Å². The Hall–Kier alpha value is -2.01. The average molecular weight is 480 g/mol. The first-order valence-electron chi connectivity index (χ1n) is 11.7. The summed E-state index contributed by atoms with van der Waals surface area (Å²) in [6, 6.07) is 6.10. The van der Waals surface area contributed by atoms with E-state index in [4.69, 9.17) is 9.47 Å². The fourth-order valence-electron chi connectivity index (χ4n) is 4.96. The third kappa shape index (κ3) is 5.92. The molecule has 1 spiro atoms. The van der Waals surface area contributed by atoms with E-state index in [2.05, 4.69) is 10.0 Å². The first kappa shape index (κ1) is 24.1. The number of anilines is 1. The third-order valence-electron chi connectivity index (χ3n) is 6.89. The molecule has 1 aliphatic carbocycles. The first-order valence-corrected chi connectivity index (χ1v) is 13.2. The van der Waals surface area contributed by atoms with Crippen LogP contribution in [-0.4, -0.2) is 63.8 Å². The number of likely N-dealkylation sites (tertiary alicyclic amines) is 1. The molecule has 2 N–H and O–H groups in total. The number of ether oxygens (including phenoxy) is 2. The smallest absolute Gasteiger partial charge is 0.240 e. The van der Waals surface area contributed by atoms with Crippen molar-refractivity contribution in [1.29, 1.82) is 0 Å². The number of piperidine rings is 1. The Bertz CT molecular complexity index is 941. The van der Waals surface area contributed by atoms with Crippen molar-refractivity contribution in [3.63, 3.8) is 0 Å². The summed E-state index contributed by atoms with van der Waals surface area (Å²) < 4.78 is 39.4. The largest absolute Gasteiger partial charge is 0.347 e. The summed E-state index contributed by atoms with van der Waals surface area (Å²) in [7, 11) is -3.62. The molecule has 2 amide bonds. The summed E-state index contributed by atoms with van der Waals surface area (Å²) in [5.74, 6) is -0.249. The van der Waals surface area contributed by atoms with Crippen molar-refractivity contribution in [2.45, 2.75) is 56.1 Å². The molecule has 2 heterocycles. The van der Waals surface area contributed by atoms with E-state index >= 15 is 0 Å². The topological polar surface area (TPSA) is 114 Å². The normalized spacial score (nSPS) is 25.2. The van der Waals surface area contributed by atoms with Crippen molar-refractivity contribution in [3.8, 4) is 0 Å². The standard InChI is InChI=1S/C23H33N3O6S/c1-17(27)25-20-6-8-21(9-7-20)33(29,30)24-16-18-2-4-19(5-3-18)22(28)26-12-10-23(11-13-26)31-14-15-32-23/h6-9,18-19,24H,2-5,10-16H2,1H3,(H,25,27). The average Bonchev–Trinajstić information content (AvgIpc) is 3.26. The fourth-order valence-corrected chi connectivity index (χ4v) is 6.07. The second-order valence-electron chi connectivity index (χ2n) is 9.21. The minimum Gasteiger partial charge on any atom is -0.347 e. The second-order valence-corrected chi connectivity index (χ2v) is 11.0. The van der Waals surface area contributed by atoms with E-state index in [0.29, 0.717) is 38.5 Å². The van der Waals surface area contributed by atoms with Crippen LogP contribution in [0.5, 0.6) is 0 Å². The predicted molar refractivity (Wildman–Crippen MR) is 122 cm³/mol. The maximum absolute atomic E-state index is 13.0. The fraction of sp³-hybridized carbons (Fsp3) is 0.652. The lowest BCUT2D eigenvalue weighted by Crippen LogP contribution is -2.49. The summed E-state index contributed by atoms with van der Waals surface area (Å²) in [5.41, 5.74) is 0.552. The van der Waals surface area contributed by atoms with E-state index < -0.39 is 15.8 Å². The maximum atomic E-state index is 13.0. The van der Waals surface area contributed by atoms with Crippen molar-refractivity contribution < 1.29 is 27.5 Å². The molecule has 1 aromatic rings. The molecular weight excluding hydrogens is 446 g/mol. The Kier molecular flexibility index (Phi) is 7.37. The number of nitrogens with one attached hydrogen (secondary N) is 2. The molecule has 9 nitrogen and oxygen atoms in total. The molecule has 3 fully saturated rings. The molecule has 0 unspecified atom stereocenters. The summed E-state index contributed by atoms with van der Waals surface area (Å²) in [6.07, 6.45) is 4.66. The molecule has 10 heteroatoms. The molecule has 182 valence electrons. The van der Waals surface area contributed by atoms with Crippen LogP contribution in [0.1, 0.15) is 45.4 Å². The Morgan fingerprint density at radius 2 is 1.64 bits per heavy atom. The Labute approximate surface area is 195 Å². The van der Waals surface area contributed by atoms with E-state index in [9.17, 15) is 18.0 Å². The van der Waals surface area contributed by atoms with E-state index in [1.165, 1.54) is 19.1 Å². The van der Waals surface area contributed by atoms with E-state index in [1.807, 2.05) is 4.90 Å². The van der Waals surface area contributed by atoms with E-state index in [-0.39, 0.29) is 28.5 Å². The van der Waals surface area contributed by atoms with Crippen molar-refractivity contribution in [2.24, 2.45) is 11.8 Å². The van der Waals surface area contributed by atoms with Gasteiger partial charge in [0.25, 0.3) is 0 Å². The van der Waals surface area contributed by atoms with Gasteiger partial charge >= 0.3 is 0 Å². The second kappa shape index (κ2) is 10.1. The van der Waals surface area contributed by atoms with Crippen molar-refractivity contribution in [2.75, 3.05) is 38.2 Å². The molecule has 3 aliphatic rings. The van der Waals surface area contributed by atoms with Crippen LogP contribution in [0, 0.1) is 11.8 Å². The zero-order chi connectivity index (χ0) is 23.5. The number of hydrogen-bond acceptors (Lipinski definition) is 6. The van der Waals surface area contributed by atoms with Crippen molar-refractivity contribution >= 4 is 27.5 Å². The molecule has 0 aromatic heterocycles. The van der Waals surface area contributed by atoms with Crippen molar-refractivity contribution in [1.82, 2.24) is 9.62 Å². The molecule has 0 bridgehead atoms. The van der Waals surface area contributed by atoms with Crippen LogP contribution in [0.15, 0.2) is 29.2 Å². The number of nitrogens with zero attached hydrogens (tertiary/aromatic N) is 1. The van der Waals surface area contributed by atoms with Crippen LogP contribution >= 0.6 is 0 Å². The van der Waals surface area contributed by atoms with Crippen molar-refractivity contribution in [3.05, 3.63) is 24.3 Å². The van der Waals surface area contributed by atoms with Gasteiger partial charge in [-0.25, -0.2) is 13.1 Å². The lowest BCUT2D eigenvalue weighted by molar-refractivity contribution is -0.188. The summed E-state index contributed by atoms with van der Waals surface area (Å²) in [5, 5.41) is 2.62. The Morgan fingerprint density at radius 3 is 2.21 bits per heavy atom. The van der Waals surface area contributed by atoms with Crippen LogP contribution in [0.2, 0.25) is 0 Å². The lowest BCUT2D eigenvalue weighted by atomic mass is 9.81. The van der Waals surface area contributed by atoms with Gasteiger partial charge in [0.1, 0.15) is 0 Å². The number of benzene rings is 1. The van der Waals surface area contributed by atoms with Crippen LogP contribution in [0.25, 0.3) is 0 Å². The van der Waals surface area contributed by atoms with Gasteiger partial charge in [-0.2, -0.15) is 0 Å². The highest BCUT2D eigenvalue weighted by Crippen LogP contribution is 2.34. The highest BCUT2D eigenvalue weighted by Gasteiger charge is 2.42. The molecule has 0 atom stereocenters. The minimum absolute atomic E-state index is 0.0126. The zero-order valence-corrected chi connectivity index (χ0v) is 19.9. The van der Waals surface area contributed by atoms with Gasteiger partial charge in [-0.1, -0.05) is 0 Å². The quantitative estimate of drug-likeness (QED) is 0.646. The summed E-state index contributed by atoms with van der Waals surface area (Å²) >= 11 is 0. The molecule has 33 heavy (non-hydrogen) atoms. The minimum atomic E-state index is -3.62. The highest BCUT2D eigenvalue weighted by molar-refractivity contribution is 7.89. The predicted octanol–water partition coefficient (Wildman–Crippen LogP) is 2.10. The van der Waals surface area contributed by atoms with Gasteiger partial charge in [0, 0.05) is 51.0 Å². The molecule has 2 aliphatic heterocycles.